The lowest BCUT2D eigenvalue weighted by Gasteiger charge is -2.21. The van der Waals surface area contributed by atoms with Crippen molar-refractivity contribution in [3.05, 3.63) is 55.0 Å². The first-order chi connectivity index (χ1) is 10.6. The second-order valence-corrected chi connectivity index (χ2v) is 5.36. The molecule has 0 radical (unpaired) electrons. The van der Waals surface area contributed by atoms with Crippen LogP contribution in [0.25, 0.3) is 0 Å². The summed E-state index contributed by atoms with van der Waals surface area (Å²) in [4.78, 5) is 8.46. The number of hydrogen-bond acceptors (Lipinski definition) is 4. The molecule has 1 unspecified atom stereocenters. The van der Waals surface area contributed by atoms with Crippen LogP contribution in [0.2, 0.25) is 0 Å². The maximum atomic E-state index is 12.9. The smallest absolute Gasteiger partial charge is 0.126 e. The van der Waals surface area contributed by atoms with Crippen molar-refractivity contribution in [2.24, 2.45) is 0 Å². The molecule has 1 aromatic carbocycles. The van der Waals surface area contributed by atoms with E-state index in [4.69, 9.17) is 0 Å². The number of aromatic nitrogens is 1. The summed E-state index contributed by atoms with van der Waals surface area (Å²) in [6.07, 6.45) is 0.868. The van der Waals surface area contributed by atoms with Gasteiger partial charge in [0.05, 0.1) is 23.3 Å². The molecule has 1 aliphatic heterocycles. The molecule has 0 spiro atoms. The van der Waals surface area contributed by atoms with Gasteiger partial charge in [-0.1, -0.05) is 18.7 Å². The monoisotopic (exact) mass is 298 g/mol. The number of fused-ring (bicyclic) bond motifs is 1. The van der Waals surface area contributed by atoms with E-state index in [0.717, 1.165) is 22.9 Å². The van der Waals surface area contributed by atoms with Crippen molar-refractivity contribution < 1.29 is 4.39 Å². The molecular formula is C17H19FN4. The molecule has 114 valence electrons. The van der Waals surface area contributed by atoms with Crippen LogP contribution in [0.5, 0.6) is 0 Å². The molecule has 0 aliphatic carbocycles. The largest absolute Gasteiger partial charge is 0.367 e. The highest BCUT2D eigenvalue weighted by Crippen LogP contribution is 2.44. The van der Waals surface area contributed by atoms with Gasteiger partial charge in [0.25, 0.3) is 0 Å². The van der Waals surface area contributed by atoms with E-state index in [1.54, 1.807) is 6.20 Å². The number of para-hydroxylation sites is 2. The van der Waals surface area contributed by atoms with Crippen LogP contribution in [0.1, 0.15) is 6.92 Å². The van der Waals surface area contributed by atoms with Crippen molar-refractivity contribution in [1.29, 1.82) is 0 Å². The number of benzene rings is 1. The summed E-state index contributed by atoms with van der Waals surface area (Å²) in [7, 11) is 1.99. The number of hydrogen-bond donors (Lipinski definition) is 1. The Bertz CT molecular complexity index is 681. The molecule has 1 atom stereocenters. The van der Waals surface area contributed by atoms with Gasteiger partial charge in [0.1, 0.15) is 17.8 Å². The molecule has 0 saturated carbocycles. The van der Waals surface area contributed by atoms with Gasteiger partial charge in [-0.25, -0.2) is 9.37 Å². The molecule has 0 fully saturated rings. The average molecular weight is 298 g/mol. The highest BCUT2D eigenvalue weighted by atomic mass is 19.1. The normalized spacial score (nSPS) is 15.0. The van der Waals surface area contributed by atoms with E-state index < -0.39 is 6.17 Å². The Morgan fingerprint density at radius 3 is 2.59 bits per heavy atom. The van der Waals surface area contributed by atoms with Gasteiger partial charge in [-0.2, -0.15) is 0 Å². The van der Waals surface area contributed by atoms with E-state index in [0.29, 0.717) is 5.82 Å². The Morgan fingerprint density at radius 1 is 1.23 bits per heavy atom. The van der Waals surface area contributed by atoms with Gasteiger partial charge in [0.2, 0.25) is 0 Å². The van der Waals surface area contributed by atoms with Gasteiger partial charge in [-0.15, -0.1) is 0 Å². The molecule has 2 aromatic rings. The van der Waals surface area contributed by atoms with Gasteiger partial charge in [-0.05, 0) is 31.2 Å². The summed E-state index contributed by atoms with van der Waals surface area (Å²) in [5.41, 5.74) is 3.12. The van der Waals surface area contributed by atoms with Crippen molar-refractivity contribution in [1.82, 2.24) is 4.98 Å². The van der Waals surface area contributed by atoms with E-state index in [9.17, 15) is 4.39 Å². The van der Waals surface area contributed by atoms with Crippen LogP contribution in [0.15, 0.2) is 55.0 Å². The fraction of sp³-hybridized carbons (Fsp3) is 0.235. The number of nitrogens with one attached hydrogen (secondary N) is 1. The molecular weight excluding hydrogens is 279 g/mol. The zero-order chi connectivity index (χ0) is 15.7. The van der Waals surface area contributed by atoms with Crippen molar-refractivity contribution >= 4 is 22.9 Å². The SMILES string of the molecule is C=C1N(C)c2ccccc2N1c1ccc(NCC(C)F)nc1. The van der Waals surface area contributed by atoms with Crippen LogP contribution < -0.4 is 15.1 Å². The van der Waals surface area contributed by atoms with Crippen LogP contribution in [-0.2, 0) is 0 Å². The number of halogens is 1. The number of rotatable bonds is 4. The molecule has 1 N–H and O–H groups in total. The predicted octanol–water partition coefficient (Wildman–Crippen LogP) is 3.91. The average Bonchev–Trinajstić information content (AvgIpc) is 2.78. The third-order valence-electron chi connectivity index (χ3n) is 3.70. The molecule has 0 amide bonds. The fourth-order valence-corrected chi connectivity index (χ4v) is 2.52. The lowest BCUT2D eigenvalue weighted by molar-refractivity contribution is 0.378. The third-order valence-corrected chi connectivity index (χ3v) is 3.70. The fourth-order valence-electron chi connectivity index (χ4n) is 2.52. The van der Waals surface area contributed by atoms with Crippen molar-refractivity contribution in [2.45, 2.75) is 13.1 Å². The highest BCUT2D eigenvalue weighted by molar-refractivity contribution is 5.87. The second kappa shape index (κ2) is 5.67. The number of pyridine rings is 1. The topological polar surface area (TPSA) is 31.4 Å². The van der Waals surface area contributed by atoms with Crippen molar-refractivity contribution in [3.63, 3.8) is 0 Å². The van der Waals surface area contributed by atoms with E-state index in [1.165, 1.54) is 6.92 Å². The lowest BCUT2D eigenvalue weighted by atomic mass is 10.2. The van der Waals surface area contributed by atoms with Crippen LogP contribution in [0.4, 0.5) is 27.3 Å². The number of nitrogens with zero attached hydrogens (tertiary/aromatic N) is 3. The number of alkyl halides is 1. The first-order valence-corrected chi connectivity index (χ1v) is 7.23. The molecule has 4 nitrogen and oxygen atoms in total. The van der Waals surface area contributed by atoms with E-state index in [-0.39, 0.29) is 6.54 Å². The van der Waals surface area contributed by atoms with Crippen molar-refractivity contribution in [2.75, 3.05) is 28.7 Å². The minimum Gasteiger partial charge on any atom is -0.367 e. The Balaban J connectivity index is 1.87. The summed E-state index contributed by atoms with van der Waals surface area (Å²) in [5.74, 6) is 1.54. The molecule has 1 aromatic heterocycles. The van der Waals surface area contributed by atoms with Crippen LogP contribution >= 0.6 is 0 Å². The zero-order valence-corrected chi connectivity index (χ0v) is 12.8. The van der Waals surface area contributed by atoms with Crippen molar-refractivity contribution in [3.8, 4) is 0 Å². The highest BCUT2D eigenvalue weighted by Gasteiger charge is 2.28. The molecule has 5 heteroatoms. The minimum atomic E-state index is -0.902. The van der Waals surface area contributed by atoms with Crippen LogP contribution in [0.3, 0.4) is 0 Å². The van der Waals surface area contributed by atoms with Gasteiger partial charge in [0.15, 0.2) is 0 Å². The van der Waals surface area contributed by atoms with Crippen LogP contribution in [-0.4, -0.2) is 24.7 Å². The first kappa shape index (κ1) is 14.4. The molecule has 3 rings (SSSR count). The zero-order valence-electron chi connectivity index (χ0n) is 12.8. The minimum absolute atomic E-state index is 0.258. The summed E-state index contributed by atoms with van der Waals surface area (Å²) in [6, 6.07) is 11.9. The van der Waals surface area contributed by atoms with Gasteiger partial charge < -0.3 is 10.2 Å². The molecule has 0 bridgehead atoms. The summed E-state index contributed by atoms with van der Waals surface area (Å²) >= 11 is 0. The second-order valence-electron chi connectivity index (χ2n) is 5.36. The standard InChI is InChI=1S/C17H19FN4/c1-12(18)10-19-17-9-8-14(11-20-17)22-13(2)21(3)15-6-4-5-7-16(15)22/h4-9,11-12H,2,10H2,1,3H3,(H,19,20). The third kappa shape index (κ3) is 2.50. The Hall–Kier alpha value is -2.56. The maximum Gasteiger partial charge on any atom is 0.126 e. The quantitative estimate of drug-likeness (QED) is 0.927. The maximum absolute atomic E-state index is 12.9. The van der Waals surface area contributed by atoms with Gasteiger partial charge in [0, 0.05) is 13.6 Å². The van der Waals surface area contributed by atoms with E-state index in [2.05, 4.69) is 33.9 Å². The number of anilines is 4. The molecule has 1 aliphatic rings. The Morgan fingerprint density at radius 2 is 1.95 bits per heavy atom. The Labute approximate surface area is 129 Å². The summed E-state index contributed by atoms with van der Waals surface area (Å²) in [5, 5.41) is 2.96. The molecule has 2 heterocycles. The van der Waals surface area contributed by atoms with E-state index >= 15 is 0 Å². The first-order valence-electron chi connectivity index (χ1n) is 7.23. The van der Waals surface area contributed by atoms with Gasteiger partial charge in [-0.3, -0.25) is 4.90 Å². The summed E-state index contributed by atoms with van der Waals surface area (Å²) < 4.78 is 12.9. The van der Waals surface area contributed by atoms with Gasteiger partial charge >= 0.3 is 0 Å². The molecule has 22 heavy (non-hydrogen) atoms. The lowest BCUT2D eigenvalue weighted by Crippen LogP contribution is -2.20. The predicted molar refractivity (Wildman–Crippen MR) is 89.4 cm³/mol. The van der Waals surface area contributed by atoms with E-state index in [1.807, 2.05) is 36.2 Å². The summed E-state index contributed by atoms with van der Waals surface area (Å²) in [6.45, 7) is 5.92. The Kier molecular flexibility index (Phi) is 3.71. The van der Waals surface area contributed by atoms with Crippen LogP contribution in [0, 0.1) is 0 Å². The molecule has 0 saturated heterocycles.